The van der Waals surface area contributed by atoms with Gasteiger partial charge in [-0.2, -0.15) is 0 Å². The summed E-state index contributed by atoms with van der Waals surface area (Å²) in [5, 5.41) is 0. The van der Waals surface area contributed by atoms with Gasteiger partial charge < -0.3 is 4.90 Å². The van der Waals surface area contributed by atoms with E-state index in [2.05, 4.69) is 24.2 Å². The Bertz CT molecular complexity index is 293. The second kappa shape index (κ2) is 6.60. The maximum atomic E-state index is 5.69. The van der Waals surface area contributed by atoms with Gasteiger partial charge in [-0.1, -0.05) is 39.5 Å². The van der Waals surface area contributed by atoms with Gasteiger partial charge in [-0.25, -0.2) is 10.8 Å². The molecule has 0 spiro atoms. The normalized spacial score (nSPS) is 24.8. The highest BCUT2D eigenvalue weighted by Gasteiger charge is 2.32. The average Bonchev–Trinajstić information content (AvgIpc) is 2.98. The van der Waals surface area contributed by atoms with E-state index < -0.39 is 0 Å². The highest BCUT2D eigenvalue weighted by atomic mass is 15.4. The zero-order valence-corrected chi connectivity index (χ0v) is 12.6. The van der Waals surface area contributed by atoms with Crippen molar-refractivity contribution in [2.75, 3.05) is 13.1 Å². The van der Waals surface area contributed by atoms with Crippen molar-refractivity contribution in [1.29, 1.82) is 0 Å². The maximum Gasteiger partial charge on any atom is 0.208 e. The summed E-state index contributed by atoms with van der Waals surface area (Å²) in [4.78, 5) is 7.17. The van der Waals surface area contributed by atoms with Crippen molar-refractivity contribution in [2.45, 2.75) is 71.3 Å². The molecule has 3 N–H and O–H groups in total. The van der Waals surface area contributed by atoms with Crippen molar-refractivity contribution in [3.05, 3.63) is 0 Å². The van der Waals surface area contributed by atoms with Gasteiger partial charge in [0, 0.05) is 13.1 Å². The molecule has 19 heavy (non-hydrogen) atoms. The topological polar surface area (TPSA) is 53.6 Å². The molecule has 0 amide bonds. The number of nitrogens with zero attached hydrogens (tertiary/aromatic N) is 2. The van der Waals surface area contributed by atoms with E-state index in [4.69, 9.17) is 10.8 Å². The molecule has 0 aromatic carbocycles. The molecule has 0 atom stereocenters. The first-order valence-corrected chi connectivity index (χ1v) is 8.02. The Labute approximate surface area is 117 Å². The molecule has 1 heterocycles. The van der Waals surface area contributed by atoms with E-state index in [0.717, 1.165) is 19.0 Å². The summed E-state index contributed by atoms with van der Waals surface area (Å²) in [5.41, 5.74) is 3.40. The van der Waals surface area contributed by atoms with E-state index >= 15 is 0 Å². The predicted molar refractivity (Wildman–Crippen MR) is 80.8 cm³/mol. The fraction of sp³-hybridized carbons (Fsp3) is 0.933. The second-order valence-corrected chi connectivity index (χ2v) is 6.23. The lowest BCUT2D eigenvalue weighted by atomic mass is 9.74. The molecule has 4 nitrogen and oxygen atoms in total. The van der Waals surface area contributed by atoms with Crippen LogP contribution in [0.1, 0.15) is 65.2 Å². The standard InChI is InChI=1S/C15H30N4/c1-3-15(4-2)9-11-19(12-10-15)14(18-16)17-13-7-5-6-8-13/h13H,3-12,16H2,1-2H3,(H,17,18). The molecular weight excluding hydrogens is 236 g/mol. The van der Waals surface area contributed by atoms with Crippen LogP contribution >= 0.6 is 0 Å². The Balaban J connectivity index is 1.94. The molecule has 0 aromatic heterocycles. The van der Waals surface area contributed by atoms with E-state index in [9.17, 15) is 0 Å². The molecule has 2 aliphatic rings. The average molecular weight is 266 g/mol. The molecule has 0 bridgehead atoms. The van der Waals surface area contributed by atoms with Crippen molar-refractivity contribution in [3.8, 4) is 0 Å². The molecule has 0 aromatic rings. The minimum absolute atomic E-state index is 0.495. The van der Waals surface area contributed by atoms with Crippen molar-refractivity contribution >= 4 is 5.96 Å². The monoisotopic (exact) mass is 266 g/mol. The fourth-order valence-electron chi connectivity index (χ4n) is 3.57. The number of piperidine rings is 1. The van der Waals surface area contributed by atoms with Crippen LogP contribution < -0.4 is 11.3 Å². The van der Waals surface area contributed by atoms with E-state index in [-0.39, 0.29) is 0 Å². The third kappa shape index (κ3) is 3.41. The van der Waals surface area contributed by atoms with Crippen LogP contribution in [0.3, 0.4) is 0 Å². The van der Waals surface area contributed by atoms with Crippen LogP contribution in [0.2, 0.25) is 0 Å². The lowest BCUT2D eigenvalue weighted by Gasteiger charge is -2.42. The minimum atomic E-state index is 0.495. The quantitative estimate of drug-likeness (QED) is 0.357. The van der Waals surface area contributed by atoms with Crippen LogP contribution in [0, 0.1) is 5.41 Å². The van der Waals surface area contributed by atoms with E-state index in [1.165, 1.54) is 51.4 Å². The van der Waals surface area contributed by atoms with E-state index in [1.54, 1.807) is 0 Å². The lowest BCUT2D eigenvalue weighted by molar-refractivity contribution is 0.133. The number of hydrogen-bond acceptors (Lipinski definition) is 2. The largest absolute Gasteiger partial charge is 0.342 e. The third-order valence-corrected chi connectivity index (χ3v) is 5.38. The molecule has 2 fully saturated rings. The zero-order valence-electron chi connectivity index (χ0n) is 12.6. The second-order valence-electron chi connectivity index (χ2n) is 6.23. The number of rotatable bonds is 3. The summed E-state index contributed by atoms with van der Waals surface area (Å²) in [6.45, 7) is 6.84. The summed E-state index contributed by atoms with van der Waals surface area (Å²) in [6.07, 6.45) is 10.2. The van der Waals surface area contributed by atoms with Crippen molar-refractivity contribution < 1.29 is 0 Å². The van der Waals surface area contributed by atoms with Crippen molar-refractivity contribution in [2.24, 2.45) is 16.3 Å². The molecule has 1 aliphatic heterocycles. The Hall–Kier alpha value is -0.770. The van der Waals surface area contributed by atoms with Gasteiger partial charge in [-0.05, 0) is 31.1 Å². The number of nitrogens with one attached hydrogen (secondary N) is 1. The van der Waals surface area contributed by atoms with Gasteiger partial charge in [0.2, 0.25) is 5.96 Å². The first-order valence-electron chi connectivity index (χ1n) is 8.02. The van der Waals surface area contributed by atoms with Crippen LogP contribution in [0.15, 0.2) is 4.99 Å². The molecule has 1 aliphatic carbocycles. The molecule has 4 heteroatoms. The highest BCUT2D eigenvalue weighted by Crippen LogP contribution is 2.37. The van der Waals surface area contributed by atoms with Gasteiger partial charge in [0.25, 0.3) is 0 Å². The summed E-state index contributed by atoms with van der Waals surface area (Å²) in [6, 6.07) is 0.495. The molecule has 1 saturated heterocycles. The molecule has 2 rings (SSSR count). The Morgan fingerprint density at radius 2 is 1.79 bits per heavy atom. The van der Waals surface area contributed by atoms with Gasteiger partial charge >= 0.3 is 0 Å². The Morgan fingerprint density at radius 3 is 2.26 bits per heavy atom. The summed E-state index contributed by atoms with van der Waals surface area (Å²) >= 11 is 0. The zero-order chi connectivity index (χ0) is 13.7. The summed E-state index contributed by atoms with van der Waals surface area (Å²) in [7, 11) is 0. The van der Waals surface area contributed by atoms with Gasteiger partial charge in [-0.3, -0.25) is 5.43 Å². The molecule has 0 unspecified atom stereocenters. The van der Waals surface area contributed by atoms with Crippen molar-refractivity contribution in [3.63, 3.8) is 0 Å². The van der Waals surface area contributed by atoms with Crippen LogP contribution in [-0.4, -0.2) is 30.0 Å². The predicted octanol–water partition coefficient (Wildman–Crippen LogP) is 2.65. The smallest absolute Gasteiger partial charge is 0.208 e. The number of hydrogen-bond donors (Lipinski definition) is 2. The molecular formula is C15H30N4. The molecule has 110 valence electrons. The summed E-state index contributed by atoms with van der Waals surface area (Å²) in [5.74, 6) is 6.62. The van der Waals surface area contributed by atoms with Crippen LogP contribution in [-0.2, 0) is 0 Å². The van der Waals surface area contributed by atoms with Crippen molar-refractivity contribution in [1.82, 2.24) is 10.3 Å². The first kappa shape index (κ1) is 14.6. The van der Waals surface area contributed by atoms with Crippen LogP contribution in [0.5, 0.6) is 0 Å². The van der Waals surface area contributed by atoms with E-state index in [0.29, 0.717) is 11.5 Å². The number of aliphatic imine (C=N–C) groups is 1. The van der Waals surface area contributed by atoms with Gasteiger partial charge in [0.1, 0.15) is 0 Å². The SMILES string of the molecule is CCC1(CC)CCN(C(=NC2CCCC2)NN)CC1. The Morgan fingerprint density at radius 1 is 1.21 bits per heavy atom. The fourth-order valence-corrected chi connectivity index (χ4v) is 3.57. The molecule has 0 radical (unpaired) electrons. The van der Waals surface area contributed by atoms with E-state index in [1.807, 2.05) is 0 Å². The lowest BCUT2D eigenvalue weighted by Crippen LogP contribution is -2.50. The van der Waals surface area contributed by atoms with Gasteiger partial charge in [0.05, 0.1) is 6.04 Å². The first-order chi connectivity index (χ1) is 9.23. The van der Waals surface area contributed by atoms with Gasteiger partial charge in [-0.15, -0.1) is 0 Å². The number of guanidine groups is 1. The van der Waals surface area contributed by atoms with Gasteiger partial charge in [0.15, 0.2) is 0 Å². The number of likely N-dealkylation sites (tertiary alicyclic amines) is 1. The number of hydrazine groups is 1. The summed E-state index contributed by atoms with van der Waals surface area (Å²) < 4.78 is 0. The minimum Gasteiger partial charge on any atom is -0.342 e. The van der Waals surface area contributed by atoms with Crippen LogP contribution in [0.4, 0.5) is 0 Å². The van der Waals surface area contributed by atoms with Crippen LogP contribution in [0.25, 0.3) is 0 Å². The Kier molecular flexibility index (Phi) is 5.08. The number of nitrogens with two attached hydrogens (primary N) is 1. The molecule has 1 saturated carbocycles. The highest BCUT2D eigenvalue weighted by molar-refractivity contribution is 5.79. The third-order valence-electron chi connectivity index (χ3n) is 5.38. The maximum absolute atomic E-state index is 5.69.